The molecule has 4 nitrogen and oxygen atoms in total. The Hall–Kier alpha value is -2.46. The van der Waals surface area contributed by atoms with E-state index >= 15 is 0 Å². The number of nitrogens with zero attached hydrogens (tertiary/aromatic N) is 2. The predicted octanol–water partition coefficient (Wildman–Crippen LogP) is 6.13. The first kappa shape index (κ1) is 21.3. The monoisotopic (exact) mass is 418 g/mol. The molecule has 1 aromatic carbocycles. The van der Waals surface area contributed by atoms with Crippen molar-refractivity contribution >= 4 is 22.6 Å². The minimum absolute atomic E-state index is 0.0304. The molecule has 29 heavy (non-hydrogen) atoms. The van der Waals surface area contributed by atoms with Gasteiger partial charge in [0.25, 0.3) is 0 Å². The molecule has 0 unspecified atom stereocenters. The summed E-state index contributed by atoms with van der Waals surface area (Å²) in [6.07, 6.45) is 4.57. The number of fused-ring (bicyclic) bond motifs is 1. The maximum Gasteiger partial charge on any atom is 0.387 e. The Kier molecular flexibility index (Phi) is 6.23. The van der Waals surface area contributed by atoms with Crippen LogP contribution in [-0.2, 0) is 12.8 Å². The molecule has 2 aromatic rings. The van der Waals surface area contributed by atoms with Crippen molar-refractivity contribution in [2.24, 2.45) is 16.3 Å². The second-order valence-electron chi connectivity index (χ2n) is 8.15. The molecular formula is C22H24F2N2O2S. The predicted molar refractivity (Wildman–Crippen MR) is 111 cm³/mol. The fraction of sp³-hybridized carbons (Fsp3) is 0.455. The van der Waals surface area contributed by atoms with Gasteiger partial charge in [0, 0.05) is 11.1 Å². The number of thiophene rings is 1. The van der Waals surface area contributed by atoms with Crippen molar-refractivity contribution in [1.29, 1.82) is 5.26 Å². The molecule has 154 valence electrons. The van der Waals surface area contributed by atoms with Gasteiger partial charge in [-0.3, -0.25) is 0 Å². The zero-order valence-electron chi connectivity index (χ0n) is 17.0. The average Bonchev–Trinajstić information content (AvgIpc) is 3.02. The molecule has 1 heterocycles. The van der Waals surface area contributed by atoms with Gasteiger partial charge >= 0.3 is 6.61 Å². The number of hydrogen-bond acceptors (Lipinski definition) is 5. The molecule has 0 spiro atoms. The average molecular weight is 419 g/mol. The lowest BCUT2D eigenvalue weighted by molar-refractivity contribution is -0.0512. The van der Waals surface area contributed by atoms with Crippen LogP contribution >= 0.6 is 11.3 Å². The third kappa shape index (κ3) is 4.76. The highest BCUT2D eigenvalue weighted by molar-refractivity contribution is 7.16. The normalized spacial score (nSPS) is 16.7. The summed E-state index contributed by atoms with van der Waals surface area (Å²) in [7, 11) is 1.39. The van der Waals surface area contributed by atoms with E-state index in [-0.39, 0.29) is 16.9 Å². The Bertz CT molecular complexity index is 955. The molecular weight excluding hydrogens is 394 g/mol. The molecule has 7 heteroatoms. The number of benzene rings is 1. The molecule has 0 N–H and O–H groups in total. The molecule has 0 bridgehead atoms. The number of hydrogen-bond donors (Lipinski definition) is 0. The highest BCUT2D eigenvalue weighted by Crippen LogP contribution is 2.44. The van der Waals surface area contributed by atoms with Crippen LogP contribution < -0.4 is 9.47 Å². The standard InChI is InChI=1S/C22H24F2N2O2S/c1-22(2,3)14-6-7-15-16(11-25)20(29-19(15)10-14)26-12-13-5-8-17(28-21(23)24)18(9-13)27-4/h5,8-9,12,14,21H,6-7,10H2,1-4H3/t14-/m0/s1. The van der Waals surface area contributed by atoms with Crippen LogP contribution in [0.25, 0.3) is 0 Å². The Labute approximate surface area is 173 Å². The van der Waals surface area contributed by atoms with Crippen molar-refractivity contribution < 1.29 is 18.3 Å². The lowest BCUT2D eigenvalue weighted by atomic mass is 9.72. The fourth-order valence-electron chi connectivity index (χ4n) is 3.61. The maximum atomic E-state index is 12.5. The number of alkyl halides is 2. The smallest absolute Gasteiger partial charge is 0.387 e. The molecule has 0 amide bonds. The summed E-state index contributed by atoms with van der Waals surface area (Å²) >= 11 is 1.57. The molecule has 0 saturated carbocycles. The van der Waals surface area contributed by atoms with Crippen LogP contribution in [-0.4, -0.2) is 19.9 Å². The van der Waals surface area contributed by atoms with Gasteiger partial charge in [-0.2, -0.15) is 14.0 Å². The molecule has 1 atom stereocenters. The summed E-state index contributed by atoms with van der Waals surface area (Å²) in [5.74, 6) is 0.758. The van der Waals surface area contributed by atoms with Gasteiger partial charge in [-0.1, -0.05) is 20.8 Å². The molecule has 1 aliphatic rings. The van der Waals surface area contributed by atoms with Gasteiger partial charge in [0.15, 0.2) is 11.5 Å². The Balaban J connectivity index is 1.87. The number of rotatable bonds is 5. The van der Waals surface area contributed by atoms with Crippen molar-refractivity contribution in [1.82, 2.24) is 0 Å². The van der Waals surface area contributed by atoms with Crippen LogP contribution in [0, 0.1) is 22.7 Å². The Morgan fingerprint density at radius 1 is 1.31 bits per heavy atom. The van der Waals surface area contributed by atoms with Crippen molar-refractivity contribution in [3.8, 4) is 17.6 Å². The zero-order valence-corrected chi connectivity index (χ0v) is 17.8. The summed E-state index contributed by atoms with van der Waals surface area (Å²) in [4.78, 5) is 5.78. The SMILES string of the molecule is COc1cc(C=Nc2sc3c(c2C#N)CC[C@H](C(C)(C)C)C3)ccc1OC(F)F. The van der Waals surface area contributed by atoms with Crippen molar-refractivity contribution in [3.63, 3.8) is 0 Å². The molecule has 0 radical (unpaired) electrons. The minimum Gasteiger partial charge on any atom is -0.493 e. The van der Waals surface area contributed by atoms with E-state index < -0.39 is 6.61 Å². The van der Waals surface area contributed by atoms with Crippen molar-refractivity contribution in [2.45, 2.75) is 46.6 Å². The van der Waals surface area contributed by atoms with Gasteiger partial charge in [-0.05, 0) is 59.9 Å². The molecule has 3 rings (SSSR count). The molecule has 0 fully saturated rings. The summed E-state index contributed by atoms with van der Waals surface area (Å²) in [6, 6.07) is 6.94. The number of aliphatic imine (C=N–C) groups is 1. The number of methoxy groups -OCH3 is 1. The topological polar surface area (TPSA) is 54.6 Å². The van der Waals surface area contributed by atoms with E-state index in [0.717, 1.165) is 24.8 Å². The fourth-order valence-corrected chi connectivity index (χ4v) is 4.83. The minimum atomic E-state index is -2.92. The highest BCUT2D eigenvalue weighted by atomic mass is 32.1. The summed E-state index contributed by atoms with van der Waals surface area (Å²) in [5, 5.41) is 10.4. The molecule has 1 aliphatic carbocycles. The lowest BCUT2D eigenvalue weighted by Crippen LogP contribution is -2.26. The van der Waals surface area contributed by atoms with Crippen LogP contribution in [0.4, 0.5) is 13.8 Å². The largest absolute Gasteiger partial charge is 0.493 e. The number of ether oxygens (including phenoxy) is 2. The van der Waals surface area contributed by atoms with Gasteiger partial charge in [-0.25, -0.2) is 4.99 Å². The summed E-state index contributed by atoms with van der Waals surface area (Å²) in [5.41, 5.74) is 2.68. The van der Waals surface area contributed by atoms with E-state index in [4.69, 9.17) is 4.74 Å². The second kappa shape index (κ2) is 8.50. The van der Waals surface area contributed by atoms with Gasteiger partial charge in [0.1, 0.15) is 11.1 Å². The highest BCUT2D eigenvalue weighted by Gasteiger charge is 2.32. The van der Waals surface area contributed by atoms with Gasteiger partial charge in [0.05, 0.1) is 12.7 Å². The second-order valence-corrected chi connectivity index (χ2v) is 9.23. The van der Waals surface area contributed by atoms with E-state index in [1.807, 2.05) is 0 Å². The van der Waals surface area contributed by atoms with Crippen molar-refractivity contribution in [2.75, 3.05) is 7.11 Å². The first-order chi connectivity index (χ1) is 13.7. The quantitative estimate of drug-likeness (QED) is 0.549. The Morgan fingerprint density at radius 2 is 2.07 bits per heavy atom. The van der Waals surface area contributed by atoms with Crippen LogP contribution in [0.5, 0.6) is 11.5 Å². The van der Waals surface area contributed by atoms with Gasteiger partial charge in [0.2, 0.25) is 0 Å². The van der Waals surface area contributed by atoms with E-state index in [1.54, 1.807) is 29.7 Å². The molecule has 1 aromatic heterocycles. The van der Waals surface area contributed by atoms with E-state index in [1.165, 1.54) is 18.1 Å². The Morgan fingerprint density at radius 3 is 2.69 bits per heavy atom. The van der Waals surface area contributed by atoms with Crippen LogP contribution in [0.15, 0.2) is 23.2 Å². The van der Waals surface area contributed by atoms with Crippen LogP contribution in [0.2, 0.25) is 0 Å². The van der Waals surface area contributed by atoms with Gasteiger partial charge in [-0.15, -0.1) is 11.3 Å². The van der Waals surface area contributed by atoms with E-state index in [9.17, 15) is 14.0 Å². The zero-order chi connectivity index (χ0) is 21.2. The first-order valence-electron chi connectivity index (χ1n) is 9.44. The van der Waals surface area contributed by atoms with Crippen LogP contribution in [0.1, 0.15) is 48.8 Å². The van der Waals surface area contributed by atoms with Gasteiger partial charge < -0.3 is 9.47 Å². The van der Waals surface area contributed by atoms with E-state index in [2.05, 4.69) is 36.6 Å². The summed E-state index contributed by atoms with van der Waals surface area (Å²) in [6.45, 7) is 3.86. The third-order valence-electron chi connectivity index (χ3n) is 5.32. The summed E-state index contributed by atoms with van der Waals surface area (Å²) < 4.78 is 34.5. The number of nitriles is 1. The first-order valence-corrected chi connectivity index (χ1v) is 10.3. The van der Waals surface area contributed by atoms with Crippen LogP contribution in [0.3, 0.4) is 0 Å². The lowest BCUT2D eigenvalue weighted by Gasteiger charge is -2.33. The molecule has 0 aliphatic heterocycles. The molecule has 0 saturated heterocycles. The van der Waals surface area contributed by atoms with Crippen molar-refractivity contribution in [3.05, 3.63) is 39.8 Å². The van der Waals surface area contributed by atoms with E-state index in [0.29, 0.717) is 22.0 Å². The number of halogens is 2. The third-order valence-corrected chi connectivity index (χ3v) is 6.48. The maximum absolute atomic E-state index is 12.5.